The monoisotopic (exact) mass is 307 g/mol. The molecule has 5 heteroatoms. The van der Waals surface area contributed by atoms with Crippen molar-refractivity contribution in [3.8, 4) is 0 Å². The van der Waals surface area contributed by atoms with E-state index in [1.807, 2.05) is 37.4 Å². The van der Waals surface area contributed by atoms with E-state index in [9.17, 15) is 4.79 Å². The molecule has 3 aromatic rings. The van der Waals surface area contributed by atoms with E-state index in [2.05, 4.69) is 14.5 Å². The fraction of sp³-hybridized carbons (Fsp3) is 0.118. The molecule has 0 bridgehead atoms. The molecule has 4 rings (SSSR count). The van der Waals surface area contributed by atoms with Crippen molar-refractivity contribution in [1.82, 2.24) is 14.5 Å². The highest BCUT2D eigenvalue weighted by molar-refractivity contribution is 7.98. The molecule has 1 aliphatic carbocycles. The van der Waals surface area contributed by atoms with Gasteiger partial charge in [0.1, 0.15) is 0 Å². The van der Waals surface area contributed by atoms with Crippen molar-refractivity contribution in [3.63, 3.8) is 0 Å². The minimum absolute atomic E-state index is 0.0510. The van der Waals surface area contributed by atoms with Crippen LogP contribution in [-0.2, 0) is 17.6 Å². The third-order valence-electron chi connectivity index (χ3n) is 3.72. The molecule has 0 amide bonds. The van der Waals surface area contributed by atoms with Crippen LogP contribution in [0.4, 0.5) is 0 Å². The molecule has 1 aliphatic rings. The summed E-state index contributed by atoms with van der Waals surface area (Å²) in [6.07, 6.45) is 5.13. The van der Waals surface area contributed by atoms with Crippen LogP contribution in [0.3, 0.4) is 0 Å². The van der Waals surface area contributed by atoms with Gasteiger partial charge in [-0.1, -0.05) is 17.8 Å². The van der Waals surface area contributed by atoms with Crippen molar-refractivity contribution < 1.29 is 4.79 Å². The zero-order chi connectivity index (χ0) is 15.1. The van der Waals surface area contributed by atoms with E-state index in [-0.39, 0.29) is 5.78 Å². The summed E-state index contributed by atoms with van der Waals surface area (Å²) in [5, 5.41) is 2.88. The van der Waals surface area contributed by atoms with E-state index in [4.69, 9.17) is 0 Å². The molecule has 22 heavy (non-hydrogen) atoms. The molecule has 0 fully saturated rings. The highest BCUT2D eigenvalue weighted by Crippen LogP contribution is 2.24. The number of benzene rings is 1. The first-order valence-corrected chi connectivity index (χ1v) is 7.96. The lowest BCUT2D eigenvalue weighted by Gasteiger charge is -2.01. The molecule has 4 nitrogen and oxygen atoms in total. The zero-order valence-corrected chi connectivity index (χ0v) is 12.8. The summed E-state index contributed by atoms with van der Waals surface area (Å²) in [6.45, 7) is 0. The van der Waals surface area contributed by atoms with E-state index in [1.165, 1.54) is 0 Å². The molecule has 0 saturated carbocycles. The Morgan fingerprint density at radius 2 is 2.00 bits per heavy atom. The molecule has 0 aliphatic heterocycles. The molecule has 0 saturated heterocycles. The molecule has 2 heterocycles. The molecule has 0 N–H and O–H groups in total. The summed E-state index contributed by atoms with van der Waals surface area (Å²) in [7, 11) is 2.00. The summed E-state index contributed by atoms with van der Waals surface area (Å²) in [5.74, 6) is 0.837. The second-order valence-electron chi connectivity index (χ2n) is 5.22. The molecule has 0 atom stereocenters. The second kappa shape index (κ2) is 5.10. The summed E-state index contributed by atoms with van der Waals surface area (Å²) < 4.78 is 2.07. The van der Waals surface area contributed by atoms with E-state index in [0.717, 1.165) is 38.1 Å². The lowest BCUT2D eigenvalue weighted by atomic mass is 10.2. The first-order chi connectivity index (χ1) is 10.7. The van der Waals surface area contributed by atoms with Crippen LogP contribution in [0.2, 0.25) is 0 Å². The number of nitrogens with zero attached hydrogens (tertiary/aromatic N) is 3. The fourth-order valence-electron chi connectivity index (χ4n) is 2.60. The summed E-state index contributed by atoms with van der Waals surface area (Å²) >= 11 is 1.67. The Kier molecular flexibility index (Phi) is 3.08. The largest absolute Gasteiger partial charge is 0.322 e. The zero-order valence-electron chi connectivity index (χ0n) is 12.0. The highest BCUT2D eigenvalue weighted by atomic mass is 32.2. The Labute approximate surface area is 131 Å². The predicted octanol–water partition coefficient (Wildman–Crippen LogP) is 1.40. The number of hydrogen-bond acceptors (Lipinski definition) is 4. The Morgan fingerprint density at radius 3 is 2.77 bits per heavy atom. The Bertz CT molecular complexity index is 1010. The third kappa shape index (κ3) is 2.23. The second-order valence-corrected chi connectivity index (χ2v) is 6.17. The van der Waals surface area contributed by atoms with Crippen LogP contribution in [0, 0.1) is 0 Å². The standard InChI is InChI=1S/C17H13N3OS/c1-20-16-9-12-7-14(21)6-11(12)8-15(16)19-17(20)22-10-13-4-2-3-5-18-13/h2-9H,10H2,1H3. The van der Waals surface area contributed by atoms with Crippen molar-refractivity contribution in [1.29, 1.82) is 0 Å². The van der Waals surface area contributed by atoms with Gasteiger partial charge in [-0.15, -0.1) is 0 Å². The van der Waals surface area contributed by atoms with Crippen molar-refractivity contribution in [2.45, 2.75) is 10.9 Å². The number of carbonyl (C=O) groups is 1. The van der Waals surface area contributed by atoms with Crippen LogP contribution in [-0.4, -0.2) is 20.3 Å². The van der Waals surface area contributed by atoms with E-state index in [0.29, 0.717) is 0 Å². The first kappa shape index (κ1) is 13.3. The Balaban J connectivity index is 1.72. The Hall–Kier alpha value is -2.40. The van der Waals surface area contributed by atoms with Gasteiger partial charge in [-0.3, -0.25) is 9.78 Å². The van der Waals surface area contributed by atoms with Gasteiger partial charge in [-0.25, -0.2) is 4.98 Å². The average molecular weight is 307 g/mol. The van der Waals surface area contributed by atoms with Gasteiger partial charge in [0, 0.05) is 19.0 Å². The summed E-state index contributed by atoms with van der Waals surface area (Å²) in [6, 6.07) is 9.94. The van der Waals surface area contributed by atoms with Gasteiger partial charge in [0.25, 0.3) is 0 Å². The SMILES string of the molecule is Cn1c(SCc2ccccn2)nc2cc3c(cc21)=CC(=O)C=3. The topological polar surface area (TPSA) is 47.8 Å². The van der Waals surface area contributed by atoms with E-state index < -0.39 is 0 Å². The van der Waals surface area contributed by atoms with Crippen LogP contribution in [0.5, 0.6) is 0 Å². The van der Waals surface area contributed by atoms with Gasteiger partial charge in [-0.05, 0) is 46.9 Å². The molecule has 1 aromatic carbocycles. The molecule has 0 spiro atoms. The number of hydrogen-bond donors (Lipinski definition) is 0. The van der Waals surface area contributed by atoms with Crippen LogP contribution in [0.25, 0.3) is 23.2 Å². The summed E-state index contributed by atoms with van der Waals surface area (Å²) in [4.78, 5) is 20.5. The average Bonchev–Trinajstić information content (AvgIpc) is 3.03. The molecule has 0 unspecified atom stereocenters. The number of thioether (sulfide) groups is 1. The molecular weight excluding hydrogens is 294 g/mol. The van der Waals surface area contributed by atoms with Gasteiger partial charge < -0.3 is 4.57 Å². The number of pyridine rings is 1. The van der Waals surface area contributed by atoms with Gasteiger partial charge >= 0.3 is 0 Å². The van der Waals surface area contributed by atoms with Gasteiger partial charge in [0.05, 0.1) is 16.7 Å². The minimum Gasteiger partial charge on any atom is -0.322 e. The minimum atomic E-state index is 0.0510. The van der Waals surface area contributed by atoms with Crippen LogP contribution < -0.4 is 10.4 Å². The molecule has 108 valence electrons. The van der Waals surface area contributed by atoms with Crippen molar-refractivity contribution in [2.24, 2.45) is 7.05 Å². The maximum absolute atomic E-state index is 11.5. The van der Waals surface area contributed by atoms with Gasteiger partial charge in [0.15, 0.2) is 10.9 Å². The number of fused-ring (bicyclic) bond motifs is 2. The number of carbonyl (C=O) groups excluding carboxylic acids is 1. The number of aryl methyl sites for hydroxylation is 1. The Morgan fingerprint density at radius 1 is 1.18 bits per heavy atom. The molecule has 0 radical (unpaired) electrons. The van der Waals surface area contributed by atoms with E-state index >= 15 is 0 Å². The van der Waals surface area contributed by atoms with Crippen LogP contribution in [0.15, 0.2) is 41.7 Å². The number of imidazole rings is 1. The molecule has 2 aromatic heterocycles. The smallest absolute Gasteiger partial charge is 0.179 e. The fourth-order valence-corrected chi connectivity index (χ4v) is 3.50. The molecular formula is C17H13N3OS. The van der Waals surface area contributed by atoms with Crippen molar-refractivity contribution in [2.75, 3.05) is 0 Å². The lowest BCUT2D eigenvalue weighted by Crippen LogP contribution is -2.20. The van der Waals surface area contributed by atoms with Crippen LogP contribution in [0.1, 0.15) is 5.69 Å². The predicted molar refractivity (Wildman–Crippen MR) is 87.7 cm³/mol. The number of ketones is 1. The normalized spacial score (nSPS) is 13.0. The number of Topliss-reactive ketones (excluding diaryl/α,β-unsaturated/α-hetero) is 1. The van der Waals surface area contributed by atoms with Crippen molar-refractivity contribution in [3.05, 3.63) is 52.7 Å². The van der Waals surface area contributed by atoms with Gasteiger partial charge in [-0.2, -0.15) is 0 Å². The number of aromatic nitrogens is 3. The first-order valence-electron chi connectivity index (χ1n) is 6.97. The van der Waals surface area contributed by atoms with Crippen molar-refractivity contribution >= 4 is 40.7 Å². The lowest BCUT2D eigenvalue weighted by molar-refractivity contribution is -0.107. The van der Waals surface area contributed by atoms with Crippen LogP contribution >= 0.6 is 11.8 Å². The maximum Gasteiger partial charge on any atom is 0.179 e. The number of rotatable bonds is 3. The maximum atomic E-state index is 11.5. The highest BCUT2D eigenvalue weighted by Gasteiger charge is 2.11. The quantitative estimate of drug-likeness (QED) is 0.686. The van der Waals surface area contributed by atoms with Gasteiger partial charge in [0.2, 0.25) is 0 Å². The summed E-state index contributed by atoms with van der Waals surface area (Å²) in [5.41, 5.74) is 3.00. The van der Waals surface area contributed by atoms with E-state index in [1.54, 1.807) is 30.1 Å². The third-order valence-corrected chi connectivity index (χ3v) is 4.78.